The average molecular weight is 214 g/mol. The molecule has 1 aromatic rings. The first-order chi connectivity index (χ1) is 6.76. The van der Waals surface area contributed by atoms with Crippen molar-refractivity contribution in [2.24, 2.45) is 0 Å². The predicted molar refractivity (Wildman–Crippen MR) is 55.3 cm³/mol. The Morgan fingerprint density at radius 3 is 2.71 bits per heavy atom. The van der Waals surface area contributed by atoms with Crippen molar-refractivity contribution < 1.29 is 9.47 Å². The van der Waals surface area contributed by atoms with Gasteiger partial charge in [-0.05, 0) is 13.0 Å². The first kappa shape index (κ1) is 11.4. The molecular weight excluding hydrogens is 200 g/mol. The minimum absolute atomic E-state index is 0.205. The molecule has 78 valence electrons. The van der Waals surface area contributed by atoms with Gasteiger partial charge in [-0.25, -0.2) is 9.97 Å². The molecule has 1 rings (SSSR count). The summed E-state index contributed by atoms with van der Waals surface area (Å²) in [5.41, 5.74) is 0.967. The number of thioether (sulfide) groups is 1. The Morgan fingerprint density at radius 2 is 2.14 bits per heavy atom. The summed E-state index contributed by atoms with van der Waals surface area (Å²) >= 11 is 1.52. The number of methoxy groups -OCH3 is 2. The lowest BCUT2D eigenvalue weighted by atomic mass is 10.5. The van der Waals surface area contributed by atoms with Gasteiger partial charge in [0, 0.05) is 26.1 Å². The second-order valence-corrected chi connectivity index (χ2v) is 3.68. The van der Waals surface area contributed by atoms with Crippen LogP contribution in [0.4, 0.5) is 0 Å². The van der Waals surface area contributed by atoms with Gasteiger partial charge in [0.2, 0.25) is 0 Å². The van der Waals surface area contributed by atoms with Gasteiger partial charge >= 0.3 is 0 Å². The number of aryl methyl sites for hydroxylation is 1. The number of aromatic nitrogens is 2. The zero-order valence-corrected chi connectivity index (χ0v) is 9.37. The molecule has 1 heterocycles. The fraction of sp³-hybridized carbons (Fsp3) is 0.556. The van der Waals surface area contributed by atoms with E-state index in [2.05, 4.69) is 9.97 Å². The normalized spacial score (nSPS) is 10.9. The van der Waals surface area contributed by atoms with E-state index in [1.165, 1.54) is 11.8 Å². The van der Waals surface area contributed by atoms with E-state index in [-0.39, 0.29) is 6.29 Å². The lowest BCUT2D eigenvalue weighted by molar-refractivity contribution is -0.0842. The number of hydrogen-bond acceptors (Lipinski definition) is 5. The molecular formula is C9H14N2O2S. The van der Waals surface area contributed by atoms with Gasteiger partial charge in [-0.1, -0.05) is 11.8 Å². The van der Waals surface area contributed by atoms with E-state index < -0.39 is 0 Å². The SMILES string of the molecule is COC(CSc1nccc(C)n1)OC. The van der Waals surface area contributed by atoms with Crippen LogP contribution in [0.2, 0.25) is 0 Å². The Morgan fingerprint density at radius 1 is 1.43 bits per heavy atom. The maximum absolute atomic E-state index is 5.05. The summed E-state index contributed by atoms with van der Waals surface area (Å²) in [6.45, 7) is 1.94. The molecule has 4 nitrogen and oxygen atoms in total. The topological polar surface area (TPSA) is 44.2 Å². The van der Waals surface area contributed by atoms with Gasteiger partial charge in [0.25, 0.3) is 0 Å². The van der Waals surface area contributed by atoms with E-state index in [4.69, 9.17) is 9.47 Å². The molecule has 0 spiro atoms. The van der Waals surface area contributed by atoms with Crippen LogP contribution in [0.5, 0.6) is 0 Å². The summed E-state index contributed by atoms with van der Waals surface area (Å²) in [5, 5.41) is 0.754. The van der Waals surface area contributed by atoms with Crippen LogP contribution in [0.3, 0.4) is 0 Å². The van der Waals surface area contributed by atoms with Crippen molar-refractivity contribution in [3.63, 3.8) is 0 Å². The Hall–Kier alpha value is -0.650. The largest absolute Gasteiger partial charge is 0.355 e. The summed E-state index contributed by atoms with van der Waals surface area (Å²) in [5.74, 6) is 0.691. The Labute approximate surface area is 88.0 Å². The average Bonchev–Trinajstić information content (AvgIpc) is 2.19. The molecule has 0 saturated heterocycles. The molecule has 0 saturated carbocycles. The molecule has 0 fully saturated rings. The van der Waals surface area contributed by atoms with Crippen molar-refractivity contribution in [1.29, 1.82) is 0 Å². The van der Waals surface area contributed by atoms with Crippen LogP contribution in [0, 0.1) is 6.92 Å². The van der Waals surface area contributed by atoms with Crippen LogP contribution in [0.1, 0.15) is 5.69 Å². The van der Waals surface area contributed by atoms with Crippen molar-refractivity contribution in [3.8, 4) is 0 Å². The van der Waals surface area contributed by atoms with Gasteiger partial charge in [0.05, 0.1) is 5.75 Å². The first-order valence-electron chi connectivity index (χ1n) is 4.24. The van der Waals surface area contributed by atoms with Gasteiger partial charge in [0.1, 0.15) is 0 Å². The molecule has 0 bridgehead atoms. The lowest BCUT2D eigenvalue weighted by Gasteiger charge is -2.11. The van der Waals surface area contributed by atoms with Gasteiger partial charge in [-0.2, -0.15) is 0 Å². The highest BCUT2D eigenvalue weighted by molar-refractivity contribution is 7.99. The van der Waals surface area contributed by atoms with Crippen LogP contribution in [-0.2, 0) is 9.47 Å². The third-order valence-electron chi connectivity index (χ3n) is 1.65. The molecule has 0 N–H and O–H groups in total. The molecule has 0 radical (unpaired) electrons. The molecule has 0 aliphatic heterocycles. The first-order valence-corrected chi connectivity index (χ1v) is 5.23. The molecule has 0 atom stereocenters. The predicted octanol–water partition coefficient (Wildman–Crippen LogP) is 1.50. The van der Waals surface area contributed by atoms with Gasteiger partial charge in [0.15, 0.2) is 11.4 Å². The summed E-state index contributed by atoms with van der Waals surface area (Å²) in [6.07, 6.45) is 1.54. The molecule has 0 aliphatic rings. The summed E-state index contributed by atoms with van der Waals surface area (Å²) in [4.78, 5) is 8.38. The maximum Gasteiger partial charge on any atom is 0.187 e. The van der Waals surface area contributed by atoms with E-state index in [1.54, 1.807) is 20.4 Å². The number of ether oxygens (including phenoxy) is 2. The molecule has 0 aromatic carbocycles. The summed E-state index contributed by atoms with van der Waals surface area (Å²) in [6, 6.07) is 1.87. The minimum atomic E-state index is -0.205. The van der Waals surface area contributed by atoms with E-state index in [0.717, 1.165) is 10.9 Å². The smallest absolute Gasteiger partial charge is 0.187 e. The molecule has 1 aromatic heterocycles. The molecule has 0 amide bonds. The van der Waals surface area contributed by atoms with Crippen molar-refractivity contribution in [2.75, 3.05) is 20.0 Å². The highest BCUT2D eigenvalue weighted by Gasteiger charge is 2.06. The van der Waals surface area contributed by atoms with Gasteiger partial charge in [-0.15, -0.1) is 0 Å². The van der Waals surface area contributed by atoms with Crippen LogP contribution in [0.25, 0.3) is 0 Å². The van der Waals surface area contributed by atoms with Gasteiger partial charge in [-0.3, -0.25) is 0 Å². The zero-order valence-electron chi connectivity index (χ0n) is 8.56. The molecule has 0 unspecified atom stereocenters. The summed E-state index contributed by atoms with van der Waals surface area (Å²) in [7, 11) is 3.23. The van der Waals surface area contributed by atoms with Crippen molar-refractivity contribution in [1.82, 2.24) is 9.97 Å². The van der Waals surface area contributed by atoms with Crippen LogP contribution in [-0.4, -0.2) is 36.2 Å². The number of nitrogens with zero attached hydrogens (tertiary/aromatic N) is 2. The fourth-order valence-electron chi connectivity index (χ4n) is 0.870. The lowest BCUT2D eigenvalue weighted by Crippen LogP contribution is -2.15. The Bertz CT molecular complexity index is 279. The van der Waals surface area contributed by atoms with E-state index in [1.807, 2.05) is 13.0 Å². The Kier molecular flexibility index (Phi) is 4.86. The third-order valence-corrected chi connectivity index (χ3v) is 2.54. The van der Waals surface area contributed by atoms with Crippen molar-refractivity contribution in [3.05, 3.63) is 18.0 Å². The number of rotatable bonds is 5. The third kappa shape index (κ3) is 3.61. The maximum atomic E-state index is 5.05. The van der Waals surface area contributed by atoms with E-state index >= 15 is 0 Å². The van der Waals surface area contributed by atoms with Crippen LogP contribution < -0.4 is 0 Å². The van der Waals surface area contributed by atoms with Crippen LogP contribution in [0.15, 0.2) is 17.4 Å². The van der Waals surface area contributed by atoms with E-state index in [9.17, 15) is 0 Å². The highest BCUT2D eigenvalue weighted by atomic mass is 32.2. The highest BCUT2D eigenvalue weighted by Crippen LogP contribution is 2.14. The Balaban J connectivity index is 2.44. The molecule has 0 aliphatic carbocycles. The quantitative estimate of drug-likeness (QED) is 0.422. The second kappa shape index (κ2) is 5.95. The van der Waals surface area contributed by atoms with Crippen LogP contribution >= 0.6 is 11.8 Å². The monoisotopic (exact) mass is 214 g/mol. The van der Waals surface area contributed by atoms with Crippen molar-refractivity contribution in [2.45, 2.75) is 18.4 Å². The number of hydrogen-bond donors (Lipinski definition) is 0. The standard InChI is InChI=1S/C9H14N2O2S/c1-7-4-5-10-9(11-7)14-6-8(12-2)13-3/h4-5,8H,6H2,1-3H3. The molecule has 5 heteroatoms. The molecule has 14 heavy (non-hydrogen) atoms. The van der Waals surface area contributed by atoms with Gasteiger partial charge < -0.3 is 9.47 Å². The summed E-state index contributed by atoms with van der Waals surface area (Å²) < 4.78 is 10.1. The minimum Gasteiger partial charge on any atom is -0.355 e. The van der Waals surface area contributed by atoms with Crippen molar-refractivity contribution >= 4 is 11.8 Å². The zero-order chi connectivity index (χ0) is 10.4. The fourth-order valence-corrected chi connectivity index (χ4v) is 1.77. The van der Waals surface area contributed by atoms with E-state index in [0.29, 0.717) is 5.75 Å². The second-order valence-electron chi connectivity index (χ2n) is 2.69.